The first-order valence-corrected chi connectivity index (χ1v) is 5.87. The number of rotatable bonds is 5. The van der Waals surface area contributed by atoms with E-state index in [9.17, 15) is 14.4 Å². The molecule has 0 aliphatic rings. The molecule has 7 heteroatoms. The Morgan fingerprint density at radius 2 is 1.90 bits per heavy atom. The number of hydrogen-bond donors (Lipinski definition) is 3. The highest BCUT2D eigenvalue weighted by atomic mass is 16.4. The zero-order valence-electron chi connectivity index (χ0n) is 11.2. The number of benzene rings is 1. The largest absolute Gasteiger partial charge is 0.479 e. The van der Waals surface area contributed by atoms with Crippen LogP contribution in [0, 0.1) is 0 Å². The topological polar surface area (TPSA) is 107 Å². The minimum atomic E-state index is -1.67. The molecule has 0 unspecified atom stereocenters. The fourth-order valence-corrected chi connectivity index (χ4v) is 1.50. The fourth-order valence-electron chi connectivity index (χ4n) is 1.50. The van der Waals surface area contributed by atoms with Crippen LogP contribution in [0.1, 0.15) is 17.3 Å². The van der Waals surface area contributed by atoms with E-state index < -0.39 is 24.5 Å². The lowest BCUT2D eigenvalue weighted by molar-refractivity contribution is -0.146. The number of carbonyl (C=O) groups is 3. The van der Waals surface area contributed by atoms with Crippen molar-refractivity contribution in [1.82, 2.24) is 5.32 Å². The molecule has 0 fully saturated rings. The third-order valence-corrected chi connectivity index (χ3v) is 2.72. The molecule has 0 saturated heterocycles. The van der Waals surface area contributed by atoms with E-state index in [2.05, 4.69) is 5.32 Å². The van der Waals surface area contributed by atoms with Crippen LogP contribution in [0.3, 0.4) is 0 Å². The van der Waals surface area contributed by atoms with Gasteiger partial charge in [-0.25, -0.2) is 4.79 Å². The summed E-state index contributed by atoms with van der Waals surface area (Å²) >= 11 is 0. The highest BCUT2D eigenvalue weighted by Crippen LogP contribution is 2.19. The standard InChI is InChI=1S/C13H16N2O5/c1-8(16)15(2)10-6-4-3-5-9(10)12(18)14-7-11(17)13(19)20/h3-6,11,17H,7H2,1-2H3,(H,14,18)(H,19,20)/t11-/m0/s1. The summed E-state index contributed by atoms with van der Waals surface area (Å²) in [5.41, 5.74) is 0.630. The molecule has 108 valence electrons. The van der Waals surface area contributed by atoms with Crippen molar-refractivity contribution >= 4 is 23.5 Å². The van der Waals surface area contributed by atoms with Gasteiger partial charge in [0.1, 0.15) is 0 Å². The predicted octanol–water partition coefficient (Wildman–Crippen LogP) is -0.155. The summed E-state index contributed by atoms with van der Waals surface area (Å²) in [6.45, 7) is 0.954. The van der Waals surface area contributed by atoms with Crippen LogP contribution < -0.4 is 10.2 Å². The van der Waals surface area contributed by atoms with Gasteiger partial charge in [-0.3, -0.25) is 9.59 Å². The van der Waals surface area contributed by atoms with E-state index in [0.29, 0.717) is 5.69 Å². The zero-order valence-corrected chi connectivity index (χ0v) is 11.2. The number of amides is 2. The van der Waals surface area contributed by atoms with Gasteiger partial charge in [0.05, 0.1) is 17.8 Å². The highest BCUT2D eigenvalue weighted by molar-refractivity contribution is 6.04. The van der Waals surface area contributed by atoms with E-state index in [1.807, 2.05) is 0 Å². The number of carboxylic acids is 1. The zero-order chi connectivity index (χ0) is 15.3. The molecule has 0 aromatic heterocycles. The van der Waals surface area contributed by atoms with Crippen LogP contribution in [-0.4, -0.2) is 47.7 Å². The molecule has 2 amide bonds. The van der Waals surface area contributed by atoms with E-state index >= 15 is 0 Å². The van der Waals surface area contributed by atoms with E-state index in [-0.39, 0.29) is 11.5 Å². The second-order valence-electron chi connectivity index (χ2n) is 4.16. The van der Waals surface area contributed by atoms with Gasteiger partial charge in [0.2, 0.25) is 5.91 Å². The number of aliphatic carboxylic acids is 1. The van der Waals surface area contributed by atoms with Gasteiger partial charge in [-0.2, -0.15) is 0 Å². The number of aliphatic hydroxyl groups excluding tert-OH is 1. The Labute approximate surface area is 115 Å². The molecule has 1 atom stereocenters. The molecule has 0 radical (unpaired) electrons. The molecule has 0 saturated carbocycles. The lowest BCUT2D eigenvalue weighted by atomic mass is 10.1. The van der Waals surface area contributed by atoms with Crippen molar-refractivity contribution in [3.05, 3.63) is 29.8 Å². The van der Waals surface area contributed by atoms with E-state index in [1.54, 1.807) is 18.2 Å². The third kappa shape index (κ3) is 3.79. The second-order valence-corrected chi connectivity index (χ2v) is 4.16. The van der Waals surface area contributed by atoms with Crippen LogP contribution in [0.15, 0.2) is 24.3 Å². The maximum absolute atomic E-state index is 12.0. The van der Waals surface area contributed by atoms with Crippen LogP contribution in [0.4, 0.5) is 5.69 Å². The number of carboxylic acid groups (broad SMARTS) is 1. The normalized spacial score (nSPS) is 11.6. The van der Waals surface area contributed by atoms with Gasteiger partial charge in [-0.15, -0.1) is 0 Å². The Bertz CT molecular complexity index is 529. The van der Waals surface area contributed by atoms with Crippen molar-refractivity contribution in [3.63, 3.8) is 0 Å². The minimum absolute atomic E-state index is 0.225. The van der Waals surface area contributed by atoms with Crippen molar-refractivity contribution < 1.29 is 24.6 Å². The minimum Gasteiger partial charge on any atom is -0.479 e. The summed E-state index contributed by atoms with van der Waals surface area (Å²) in [7, 11) is 1.53. The summed E-state index contributed by atoms with van der Waals surface area (Å²) in [5, 5.41) is 19.9. The quantitative estimate of drug-likeness (QED) is 0.695. The van der Waals surface area contributed by atoms with E-state index in [4.69, 9.17) is 10.2 Å². The number of para-hydroxylation sites is 1. The summed E-state index contributed by atoms with van der Waals surface area (Å²) in [4.78, 5) is 35.1. The highest BCUT2D eigenvalue weighted by Gasteiger charge is 2.18. The average Bonchev–Trinajstić information content (AvgIpc) is 2.43. The van der Waals surface area contributed by atoms with Gasteiger partial charge in [-0.05, 0) is 12.1 Å². The number of nitrogens with one attached hydrogen (secondary N) is 1. The van der Waals surface area contributed by atoms with E-state index in [1.165, 1.54) is 24.9 Å². The van der Waals surface area contributed by atoms with Gasteiger partial charge in [0.15, 0.2) is 6.10 Å². The Morgan fingerprint density at radius 3 is 2.45 bits per heavy atom. The SMILES string of the molecule is CC(=O)N(C)c1ccccc1C(=O)NC[C@H](O)C(=O)O. The monoisotopic (exact) mass is 280 g/mol. The van der Waals surface area contributed by atoms with Crippen molar-refractivity contribution in [2.24, 2.45) is 0 Å². The predicted molar refractivity (Wildman–Crippen MR) is 71.5 cm³/mol. The Balaban J connectivity index is 2.88. The molecule has 0 heterocycles. The molecule has 1 rings (SSSR count). The molecule has 1 aromatic rings. The van der Waals surface area contributed by atoms with Crippen LogP contribution >= 0.6 is 0 Å². The van der Waals surface area contributed by atoms with Gasteiger partial charge < -0.3 is 20.4 Å². The molecular weight excluding hydrogens is 264 g/mol. The number of carbonyl (C=O) groups excluding carboxylic acids is 2. The second kappa shape index (κ2) is 6.67. The third-order valence-electron chi connectivity index (χ3n) is 2.72. The van der Waals surface area contributed by atoms with Crippen LogP contribution in [-0.2, 0) is 9.59 Å². The van der Waals surface area contributed by atoms with Crippen molar-refractivity contribution in [2.75, 3.05) is 18.5 Å². The Kier molecular flexibility index (Phi) is 5.22. The Morgan fingerprint density at radius 1 is 1.30 bits per heavy atom. The maximum Gasteiger partial charge on any atom is 0.334 e. The molecular formula is C13H16N2O5. The smallest absolute Gasteiger partial charge is 0.334 e. The first-order chi connectivity index (χ1) is 9.34. The van der Waals surface area contributed by atoms with Gasteiger partial charge in [-0.1, -0.05) is 12.1 Å². The maximum atomic E-state index is 12.0. The van der Waals surface area contributed by atoms with Gasteiger partial charge >= 0.3 is 5.97 Å². The summed E-state index contributed by atoms with van der Waals surface area (Å²) in [6, 6.07) is 6.42. The molecule has 3 N–H and O–H groups in total. The van der Waals surface area contributed by atoms with Crippen molar-refractivity contribution in [2.45, 2.75) is 13.0 Å². The molecule has 0 aliphatic carbocycles. The van der Waals surface area contributed by atoms with Crippen molar-refractivity contribution in [1.29, 1.82) is 0 Å². The molecule has 7 nitrogen and oxygen atoms in total. The van der Waals surface area contributed by atoms with Gasteiger partial charge in [0.25, 0.3) is 5.91 Å². The molecule has 0 bridgehead atoms. The summed E-state index contributed by atoms with van der Waals surface area (Å²) in [5.74, 6) is -2.22. The van der Waals surface area contributed by atoms with Gasteiger partial charge in [0, 0.05) is 14.0 Å². The molecule has 0 spiro atoms. The first kappa shape index (κ1) is 15.6. The van der Waals surface area contributed by atoms with Crippen LogP contribution in [0.25, 0.3) is 0 Å². The molecule has 1 aromatic carbocycles. The number of hydrogen-bond acceptors (Lipinski definition) is 4. The summed E-state index contributed by atoms with van der Waals surface area (Å²) < 4.78 is 0. The number of aliphatic hydroxyl groups is 1. The Hall–Kier alpha value is -2.41. The molecule has 0 aliphatic heterocycles. The van der Waals surface area contributed by atoms with Crippen LogP contribution in [0.5, 0.6) is 0 Å². The average molecular weight is 280 g/mol. The summed E-state index contributed by atoms with van der Waals surface area (Å²) in [6.07, 6.45) is -1.67. The first-order valence-electron chi connectivity index (χ1n) is 5.87. The van der Waals surface area contributed by atoms with Crippen LogP contribution in [0.2, 0.25) is 0 Å². The lowest BCUT2D eigenvalue weighted by Crippen LogP contribution is -2.37. The van der Waals surface area contributed by atoms with Crippen molar-refractivity contribution in [3.8, 4) is 0 Å². The lowest BCUT2D eigenvalue weighted by Gasteiger charge is -2.18. The fraction of sp³-hybridized carbons (Fsp3) is 0.308. The molecule has 20 heavy (non-hydrogen) atoms. The number of nitrogens with zero attached hydrogens (tertiary/aromatic N) is 1. The van der Waals surface area contributed by atoms with E-state index in [0.717, 1.165) is 0 Å². The number of anilines is 1.